The number of ether oxygens (including phenoxy) is 2. The van der Waals surface area contributed by atoms with Gasteiger partial charge in [-0.25, -0.2) is 0 Å². The van der Waals surface area contributed by atoms with Crippen molar-refractivity contribution in [1.82, 2.24) is 0 Å². The lowest BCUT2D eigenvalue weighted by Crippen LogP contribution is -2.27. The first kappa shape index (κ1) is 49.1. The molecule has 298 valence electrons. The molecule has 0 aromatic heterocycles. The maximum absolute atomic E-state index is 12.2. The Hall–Kier alpha value is -0.870. The normalized spacial score (nSPS) is 12.3. The average molecular weight is 707 g/mol. The molecule has 0 spiro atoms. The second-order valence-corrected chi connectivity index (χ2v) is 15.5. The first-order valence-electron chi connectivity index (χ1n) is 22.8. The van der Waals surface area contributed by atoms with E-state index in [0.29, 0.717) is 19.6 Å². The Kier molecular flexibility index (Phi) is 43.5. The van der Waals surface area contributed by atoms with Crippen LogP contribution in [0.4, 0.5) is 0 Å². The number of carbonyl (C=O) groups excluding carboxylic acids is 1. The largest absolute Gasteiger partial charge is 0.457 e. The molecule has 1 atom stereocenters. The molecule has 50 heavy (non-hydrogen) atoms. The van der Waals surface area contributed by atoms with Gasteiger partial charge < -0.3 is 14.6 Å². The van der Waals surface area contributed by atoms with Crippen molar-refractivity contribution in [2.24, 2.45) is 0 Å². The lowest BCUT2D eigenvalue weighted by atomic mass is 10.0. The van der Waals surface area contributed by atoms with E-state index in [9.17, 15) is 9.90 Å². The van der Waals surface area contributed by atoms with Crippen molar-refractivity contribution < 1.29 is 19.4 Å². The van der Waals surface area contributed by atoms with Crippen molar-refractivity contribution in [3.8, 4) is 0 Å². The number of esters is 1. The van der Waals surface area contributed by atoms with Crippen molar-refractivity contribution in [1.29, 1.82) is 0 Å². The van der Waals surface area contributed by atoms with Crippen LogP contribution >= 0.6 is 0 Å². The summed E-state index contributed by atoms with van der Waals surface area (Å²) < 4.78 is 11.2. The highest BCUT2D eigenvalue weighted by Gasteiger charge is 2.13. The summed E-state index contributed by atoms with van der Waals surface area (Å²) in [5.41, 5.74) is 0. The molecule has 0 amide bonds. The van der Waals surface area contributed by atoms with E-state index in [-0.39, 0.29) is 12.6 Å². The fourth-order valence-corrected chi connectivity index (χ4v) is 6.91. The van der Waals surface area contributed by atoms with Gasteiger partial charge in [0.15, 0.2) is 0 Å². The summed E-state index contributed by atoms with van der Waals surface area (Å²) in [5, 5.41) is 9.61. The molecule has 0 bridgehead atoms. The van der Waals surface area contributed by atoms with Crippen molar-refractivity contribution in [2.75, 3.05) is 19.8 Å². The van der Waals surface area contributed by atoms with E-state index in [4.69, 9.17) is 9.47 Å². The predicted molar refractivity (Wildman–Crippen MR) is 219 cm³/mol. The van der Waals surface area contributed by atoms with Crippen molar-refractivity contribution in [3.63, 3.8) is 0 Å². The molecule has 0 heterocycles. The Bertz CT molecular complexity index is 663. The van der Waals surface area contributed by atoms with E-state index in [1.165, 1.54) is 212 Å². The minimum atomic E-state index is -0.529. The number of hydrogen-bond donors (Lipinski definition) is 1. The maximum Gasteiger partial charge on any atom is 0.306 e. The molecule has 0 aliphatic rings. The van der Waals surface area contributed by atoms with Crippen LogP contribution in [-0.2, 0) is 14.3 Å². The molecule has 0 saturated heterocycles. The van der Waals surface area contributed by atoms with Crippen molar-refractivity contribution in [3.05, 3.63) is 12.2 Å². The molecule has 1 unspecified atom stereocenters. The zero-order valence-corrected chi connectivity index (χ0v) is 34.2. The highest BCUT2D eigenvalue weighted by molar-refractivity contribution is 5.69. The number of aliphatic hydroxyl groups is 1. The first-order valence-corrected chi connectivity index (χ1v) is 22.8. The fraction of sp³-hybridized carbons (Fsp3) is 0.935. The van der Waals surface area contributed by atoms with Crippen LogP contribution in [0.2, 0.25) is 0 Å². The van der Waals surface area contributed by atoms with Crippen LogP contribution in [-0.4, -0.2) is 37.0 Å². The van der Waals surface area contributed by atoms with Gasteiger partial charge in [0, 0.05) is 13.0 Å². The van der Waals surface area contributed by atoms with Crippen LogP contribution < -0.4 is 0 Å². The van der Waals surface area contributed by atoms with E-state index in [0.717, 1.165) is 19.3 Å². The highest BCUT2D eigenvalue weighted by Crippen LogP contribution is 2.15. The summed E-state index contributed by atoms with van der Waals surface area (Å²) >= 11 is 0. The summed E-state index contributed by atoms with van der Waals surface area (Å²) in [6.45, 7) is 5.39. The number of carbonyl (C=O) groups is 1. The second-order valence-electron chi connectivity index (χ2n) is 15.5. The lowest BCUT2D eigenvalue weighted by Gasteiger charge is -2.16. The van der Waals surface area contributed by atoms with Gasteiger partial charge in [0.1, 0.15) is 6.10 Å². The van der Waals surface area contributed by atoms with Gasteiger partial charge >= 0.3 is 5.97 Å². The van der Waals surface area contributed by atoms with E-state index in [2.05, 4.69) is 26.0 Å². The average Bonchev–Trinajstić information content (AvgIpc) is 3.12. The van der Waals surface area contributed by atoms with Crippen molar-refractivity contribution in [2.45, 2.75) is 258 Å². The van der Waals surface area contributed by atoms with Gasteiger partial charge in [0.05, 0.1) is 13.2 Å². The monoisotopic (exact) mass is 707 g/mol. The summed E-state index contributed by atoms with van der Waals surface area (Å²) in [4.78, 5) is 12.2. The molecule has 0 rings (SSSR count). The smallest absolute Gasteiger partial charge is 0.306 e. The van der Waals surface area contributed by atoms with Gasteiger partial charge in [-0.2, -0.15) is 0 Å². The predicted octanol–water partition coefficient (Wildman–Crippen LogP) is 14.9. The summed E-state index contributed by atoms with van der Waals surface area (Å²) in [5.74, 6) is -0.197. The van der Waals surface area contributed by atoms with Crippen LogP contribution in [0.5, 0.6) is 0 Å². The van der Waals surface area contributed by atoms with Gasteiger partial charge in [0.2, 0.25) is 0 Å². The van der Waals surface area contributed by atoms with Crippen LogP contribution in [0.3, 0.4) is 0 Å². The number of aliphatic hydroxyl groups excluding tert-OH is 1. The van der Waals surface area contributed by atoms with Crippen molar-refractivity contribution >= 4 is 5.97 Å². The number of rotatable bonds is 43. The minimum Gasteiger partial charge on any atom is -0.457 e. The third-order valence-corrected chi connectivity index (χ3v) is 10.3. The molecule has 0 aliphatic heterocycles. The topological polar surface area (TPSA) is 55.8 Å². The van der Waals surface area contributed by atoms with Gasteiger partial charge in [-0.3, -0.25) is 4.79 Å². The van der Waals surface area contributed by atoms with Gasteiger partial charge in [-0.05, 0) is 38.5 Å². The molecule has 0 aromatic rings. The quantitative estimate of drug-likeness (QED) is 0.0390. The molecule has 0 radical (unpaired) electrons. The molecule has 4 heteroatoms. The Labute approximate surface area is 314 Å². The minimum absolute atomic E-state index is 0.166. The third-order valence-electron chi connectivity index (χ3n) is 10.3. The van der Waals surface area contributed by atoms with E-state index >= 15 is 0 Å². The SMILES string of the molecule is CCCCCCCCCC/C=C\CCCCCCCCCCCC(=O)OC(CO)COCCCCCCCCCCCCCCCCCCC. The molecule has 0 aliphatic carbocycles. The Balaban J connectivity index is 3.37. The lowest BCUT2D eigenvalue weighted by molar-refractivity contribution is -0.154. The Morgan fingerprint density at radius 3 is 1.14 bits per heavy atom. The first-order chi connectivity index (χ1) is 24.7. The Morgan fingerprint density at radius 2 is 0.780 bits per heavy atom. The molecule has 0 saturated carbocycles. The molecular weight excluding hydrogens is 617 g/mol. The number of allylic oxidation sites excluding steroid dienone is 2. The maximum atomic E-state index is 12.2. The van der Waals surface area contributed by atoms with Crippen LogP contribution in [0.15, 0.2) is 12.2 Å². The zero-order chi connectivity index (χ0) is 36.3. The number of hydrogen-bond acceptors (Lipinski definition) is 4. The van der Waals surface area contributed by atoms with E-state index in [1.54, 1.807) is 0 Å². The summed E-state index contributed by atoms with van der Waals surface area (Å²) in [7, 11) is 0. The molecule has 4 nitrogen and oxygen atoms in total. The van der Waals surface area contributed by atoms with Crippen LogP contribution in [0, 0.1) is 0 Å². The fourth-order valence-electron chi connectivity index (χ4n) is 6.91. The van der Waals surface area contributed by atoms with Crippen LogP contribution in [0.25, 0.3) is 0 Å². The molecular formula is C46H90O4. The highest BCUT2D eigenvalue weighted by atomic mass is 16.6. The van der Waals surface area contributed by atoms with Gasteiger partial charge in [0.25, 0.3) is 0 Å². The molecule has 1 N–H and O–H groups in total. The second kappa shape index (κ2) is 44.3. The Morgan fingerprint density at radius 1 is 0.460 bits per heavy atom. The molecule has 0 fully saturated rings. The third kappa shape index (κ3) is 41.5. The summed E-state index contributed by atoms with van der Waals surface area (Å²) in [6, 6.07) is 0. The van der Waals surface area contributed by atoms with Gasteiger partial charge in [-0.1, -0.05) is 219 Å². The number of unbranched alkanes of at least 4 members (excludes halogenated alkanes) is 33. The molecule has 0 aromatic carbocycles. The van der Waals surface area contributed by atoms with Gasteiger partial charge in [-0.15, -0.1) is 0 Å². The zero-order valence-electron chi connectivity index (χ0n) is 34.2. The standard InChI is InChI=1S/C46H90O4/c1-3-5-7-9-11-13-15-17-19-21-22-23-24-25-27-29-31-33-35-37-39-41-46(48)50-45(43-47)44-49-42-40-38-36-34-32-30-28-26-20-18-16-14-12-10-8-6-4-2/h21-22,45,47H,3-20,23-44H2,1-2H3/b22-21-. The van der Waals surface area contributed by atoms with E-state index < -0.39 is 6.10 Å². The van der Waals surface area contributed by atoms with E-state index in [1.807, 2.05) is 0 Å². The van der Waals surface area contributed by atoms with Crippen LogP contribution in [0.1, 0.15) is 251 Å². The summed E-state index contributed by atoms with van der Waals surface area (Å²) in [6.07, 6.45) is 52.8.